The van der Waals surface area contributed by atoms with E-state index in [1.807, 2.05) is 6.92 Å². The van der Waals surface area contributed by atoms with E-state index >= 15 is 0 Å². The van der Waals surface area contributed by atoms with Gasteiger partial charge in [0.1, 0.15) is 11.6 Å². The van der Waals surface area contributed by atoms with E-state index in [1.165, 1.54) is 18.3 Å². The number of benzene rings is 1. The molecule has 21 heavy (non-hydrogen) atoms. The second kappa shape index (κ2) is 7.33. The second-order valence-electron chi connectivity index (χ2n) is 4.44. The van der Waals surface area contributed by atoms with E-state index < -0.39 is 11.6 Å². The zero-order valence-electron chi connectivity index (χ0n) is 11.5. The van der Waals surface area contributed by atoms with Crippen LogP contribution in [0.1, 0.15) is 18.9 Å². The summed E-state index contributed by atoms with van der Waals surface area (Å²) in [6.45, 7) is 3.22. The monoisotopic (exact) mass is 312 g/mol. The second-order valence-corrected chi connectivity index (χ2v) is 4.85. The van der Waals surface area contributed by atoms with Crippen molar-refractivity contribution in [3.8, 4) is 11.6 Å². The van der Waals surface area contributed by atoms with Gasteiger partial charge in [-0.2, -0.15) is 0 Å². The highest BCUT2D eigenvalue weighted by molar-refractivity contribution is 6.30. The fourth-order valence-corrected chi connectivity index (χ4v) is 1.89. The highest BCUT2D eigenvalue weighted by Gasteiger charge is 2.12. The molecule has 0 atom stereocenters. The van der Waals surface area contributed by atoms with E-state index in [0.717, 1.165) is 19.0 Å². The summed E-state index contributed by atoms with van der Waals surface area (Å²) in [6, 6.07) is 5.38. The average molecular weight is 313 g/mol. The molecule has 0 spiro atoms. The van der Waals surface area contributed by atoms with Crippen molar-refractivity contribution < 1.29 is 13.5 Å². The third kappa shape index (κ3) is 4.12. The van der Waals surface area contributed by atoms with E-state index in [4.69, 9.17) is 16.3 Å². The van der Waals surface area contributed by atoms with Crippen LogP contribution in [0.5, 0.6) is 11.6 Å². The minimum absolute atomic E-state index is 0.0892. The van der Waals surface area contributed by atoms with Crippen molar-refractivity contribution in [1.82, 2.24) is 10.3 Å². The predicted molar refractivity (Wildman–Crippen MR) is 77.7 cm³/mol. The van der Waals surface area contributed by atoms with Gasteiger partial charge in [-0.05, 0) is 31.2 Å². The molecule has 1 aromatic carbocycles. The molecule has 0 bridgehead atoms. The number of hydrogen-bond acceptors (Lipinski definition) is 3. The average Bonchev–Trinajstić information content (AvgIpc) is 2.47. The molecule has 0 unspecified atom stereocenters. The molecule has 112 valence electrons. The topological polar surface area (TPSA) is 34.2 Å². The Kier molecular flexibility index (Phi) is 5.47. The molecule has 2 rings (SSSR count). The lowest BCUT2D eigenvalue weighted by Crippen LogP contribution is -2.15. The zero-order valence-corrected chi connectivity index (χ0v) is 12.3. The summed E-state index contributed by atoms with van der Waals surface area (Å²) in [5.74, 6) is -1.03. The van der Waals surface area contributed by atoms with Crippen molar-refractivity contribution in [2.45, 2.75) is 19.9 Å². The van der Waals surface area contributed by atoms with E-state index in [-0.39, 0.29) is 16.7 Å². The number of halogens is 3. The Morgan fingerprint density at radius 1 is 1.29 bits per heavy atom. The molecule has 0 aliphatic heterocycles. The number of pyridine rings is 1. The van der Waals surface area contributed by atoms with Crippen molar-refractivity contribution in [2.24, 2.45) is 0 Å². The maximum Gasteiger partial charge on any atom is 0.256 e. The first-order valence-electron chi connectivity index (χ1n) is 6.58. The molecule has 1 N–H and O–H groups in total. The van der Waals surface area contributed by atoms with E-state index in [2.05, 4.69) is 10.3 Å². The Hall–Kier alpha value is -1.72. The van der Waals surface area contributed by atoms with Gasteiger partial charge in [0.25, 0.3) is 5.88 Å². The van der Waals surface area contributed by atoms with Gasteiger partial charge >= 0.3 is 0 Å². The lowest BCUT2D eigenvalue weighted by Gasteiger charge is -2.09. The van der Waals surface area contributed by atoms with Crippen LogP contribution in [0.25, 0.3) is 0 Å². The van der Waals surface area contributed by atoms with Crippen molar-refractivity contribution in [2.75, 3.05) is 6.54 Å². The van der Waals surface area contributed by atoms with Gasteiger partial charge in [-0.25, -0.2) is 13.8 Å². The summed E-state index contributed by atoms with van der Waals surface area (Å²) in [5.41, 5.74) is 0.460. The molecule has 2 aromatic rings. The summed E-state index contributed by atoms with van der Waals surface area (Å²) >= 11 is 5.66. The highest BCUT2D eigenvalue weighted by atomic mass is 35.5. The van der Waals surface area contributed by atoms with Crippen LogP contribution in [0.2, 0.25) is 5.02 Å². The summed E-state index contributed by atoms with van der Waals surface area (Å²) < 4.78 is 32.6. The number of rotatable bonds is 6. The molecule has 0 fully saturated rings. The van der Waals surface area contributed by atoms with Gasteiger partial charge in [-0.3, -0.25) is 0 Å². The third-order valence-corrected chi connectivity index (χ3v) is 3.07. The maximum atomic E-state index is 14.2. The number of aromatic nitrogens is 1. The molecule has 0 aliphatic rings. The van der Waals surface area contributed by atoms with Crippen LogP contribution in [0.3, 0.4) is 0 Å². The molecule has 0 saturated carbocycles. The lowest BCUT2D eigenvalue weighted by molar-refractivity contribution is 0.416. The quantitative estimate of drug-likeness (QED) is 0.807. The summed E-state index contributed by atoms with van der Waals surface area (Å²) in [6.07, 6.45) is 2.43. The Morgan fingerprint density at radius 3 is 2.81 bits per heavy atom. The van der Waals surface area contributed by atoms with Gasteiger partial charge in [-0.15, -0.1) is 0 Å². The lowest BCUT2D eigenvalue weighted by atomic mass is 10.2. The van der Waals surface area contributed by atoms with Crippen LogP contribution < -0.4 is 10.1 Å². The standard InChI is InChI=1S/C15H15ClF2N2O/c1-2-6-19-9-10-5-7-20-15(14(10)18)21-11-3-4-13(17)12(16)8-11/h3-5,7-8,19H,2,6,9H2,1H3. The minimum Gasteiger partial charge on any atom is -0.436 e. The smallest absolute Gasteiger partial charge is 0.256 e. The van der Waals surface area contributed by atoms with E-state index in [1.54, 1.807) is 6.07 Å². The van der Waals surface area contributed by atoms with Crippen LogP contribution >= 0.6 is 11.6 Å². The van der Waals surface area contributed by atoms with Crippen molar-refractivity contribution in [3.05, 3.63) is 52.7 Å². The molecule has 6 heteroatoms. The van der Waals surface area contributed by atoms with Gasteiger partial charge in [0.15, 0.2) is 5.82 Å². The predicted octanol–water partition coefficient (Wildman–Crippen LogP) is 4.31. The molecule has 0 aliphatic carbocycles. The Labute approximate surface area is 126 Å². The van der Waals surface area contributed by atoms with Crippen molar-refractivity contribution >= 4 is 11.6 Å². The highest BCUT2D eigenvalue weighted by Crippen LogP contribution is 2.27. The zero-order chi connectivity index (χ0) is 15.2. The Balaban J connectivity index is 2.16. The molecule has 3 nitrogen and oxygen atoms in total. The van der Waals surface area contributed by atoms with Gasteiger partial charge in [0.05, 0.1) is 5.02 Å². The Bertz CT molecular complexity index is 623. The first-order valence-corrected chi connectivity index (χ1v) is 6.96. The molecule has 1 heterocycles. The van der Waals surface area contributed by atoms with Gasteiger partial charge in [-0.1, -0.05) is 18.5 Å². The van der Waals surface area contributed by atoms with Crippen molar-refractivity contribution in [3.63, 3.8) is 0 Å². The number of hydrogen-bond donors (Lipinski definition) is 1. The van der Waals surface area contributed by atoms with Crippen LogP contribution in [0.15, 0.2) is 30.5 Å². The maximum absolute atomic E-state index is 14.2. The van der Waals surface area contributed by atoms with Gasteiger partial charge < -0.3 is 10.1 Å². The number of nitrogens with zero attached hydrogens (tertiary/aromatic N) is 1. The first-order chi connectivity index (χ1) is 10.1. The fourth-order valence-electron chi connectivity index (χ4n) is 1.72. The molecular formula is C15H15ClF2N2O. The largest absolute Gasteiger partial charge is 0.436 e. The minimum atomic E-state index is -0.560. The first kappa shape index (κ1) is 15.7. The summed E-state index contributed by atoms with van der Waals surface area (Å²) in [7, 11) is 0. The van der Waals surface area contributed by atoms with Gasteiger partial charge in [0.2, 0.25) is 0 Å². The molecular weight excluding hydrogens is 298 g/mol. The molecule has 0 radical (unpaired) electrons. The van der Waals surface area contributed by atoms with Crippen molar-refractivity contribution in [1.29, 1.82) is 0 Å². The van der Waals surface area contributed by atoms with Crippen LogP contribution in [0.4, 0.5) is 8.78 Å². The van der Waals surface area contributed by atoms with E-state index in [0.29, 0.717) is 12.1 Å². The third-order valence-electron chi connectivity index (χ3n) is 2.79. The molecule has 1 aromatic heterocycles. The van der Waals surface area contributed by atoms with Crippen LogP contribution in [-0.4, -0.2) is 11.5 Å². The Morgan fingerprint density at radius 2 is 2.10 bits per heavy atom. The SMILES string of the molecule is CCCNCc1ccnc(Oc2ccc(F)c(Cl)c2)c1F. The summed E-state index contributed by atoms with van der Waals surface area (Å²) in [4.78, 5) is 3.85. The molecule has 0 saturated heterocycles. The van der Waals surface area contributed by atoms with Gasteiger partial charge in [0, 0.05) is 24.4 Å². The fraction of sp³-hybridized carbons (Fsp3) is 0.267. The normalized spacial score (nSPS) is 10.7. The van der Waals surface area contributed by atoms with Crippen LogP contribution in [-0.2, 0) is 6.54 Å². The number of nitrogens with one attached hydrogen (secondary N) is 1. The summed E-state index contributed by atoms with van der Waals surface area (Å²) in [5, 5.41) is 3.02. The van der Waals surface area contributed by atoms with E-state index in [9.17, 15) is 8.78 Å². The van der Waals surface area contributed by atoms with Crippen LogP contribution in [0, 0.1) is 11.6 Å². The molecule has 0 amide bonds. The number of ether oxygens (including phenoxy) is 1.